The lowest BCUT2D eigenvalue weighted by Gasteiger charge is -2.12. The minimum atomic E-state index is -0.945. The second-order valence-electron chi connectivity index (χ2n) is 5.01. The Labute approximate surface area is 150 Å². The number of nitrogens with one attached hydrogen (secondary N) is 2. The highest BCUT2D eigenvalue weighted by atomic mass is 16.5. The molecule has 2 aromatic rings. The highest BCUT2D eigenvalue weighted by Gasteiger charge is 2.19. The van der Waals surface area contributed by atoms with Crippen molar-refractivity contribution in [2.24, 2.45) is 0 Å². The minimum Gasteiger partial charge on any atom is -0.497 e. The van der Waals surface area contributed by atoms with E-state index in [4.69, 9.17) is 9.47 Å². The van der Waals surface area contributed by atoms with Gasteiger partial charge in [-0.25, -0.2) is 4.79 Å². The fourth-order valence-electron chi connectivity index (χ4n) is 2.14. The molecule has 8 heteroatoms. The number of anilines is 2. The minimum absolute atomic E-state index is 0.137. The molecule has 0 heterocycles. The number of hydrogen-bond acceptors (Lipinski definition) is 6. The van der Waals surface area contributed by atoms with E-state index >= 15 is 0 Å². The first-order valence-corrected chi connectivity index (χ1v) is 7.51. The van der Waals surface area contributed by atoms with Crippen LogP contribution in [0.1, 0.15) is 10.4 Å². The normalized spacial score (nSPS) is 9.81. The van der Waals surface area contributed by atoms with Gasteiger partial charge < -0.3 is 24.8 Å². The molecule has 0 aliphatic rings. The van der Waals surface area contributed by atoms with Gasteiger partial charge in [-0.2, -0.15) is 0 Å². The maximum atomic E-state index is 12.2. The summed E-state index contributed by atoms with van der Waals surface area (Å²) in [5.41, 5.74) is 0.606. The molecule has 136 valence electrons. The molecule has 0 atom stereocenters. The SMILES string of the molecule is COC(=O)c1ccccc1NC(=O)C(=O)Nc1ccc(OC)cc1OC. The van der Waals surface area contributed by atoms with Crippen LogP contribution >= 0.6 is 0 Å². The second-order valence-corrected chi connectivity index (χ2v) is 5.01. The molecule has 0 spiro atoms. The van der Waals surface area contributed by atoms with Crippen molar-refractivity contribution >= 4 is 29.2 Å². The first-order valence-electron chi connectivity index (χ1n) is 7.51. The average Bonchev–Trinajstić information content (AvgIpc) is 2.67. The molecule has 0 saturated heterocycles. The third-order valence-corrected chi connectivity index (χ3v) is 3.44. The van der Waals surface area contributed by atoms with Gasteiger partial charge in [0.05, 0.1) is 38.3 Å². The quantitative estimate of drug-likeness (QED) is 0.626. The third kappa shape index (κ3) is 4.29. The van der Waals surface area contributed by atoms with E-state index in [-0.39, 0.29) is 11.3 Å². The van der Waals surface area contributed by atoms with Crippen LogP contribution in [0.4, 0.5) is 11.4 Å². The first kappa shape index (κ1) is 18.8. The molecule has 0 aliphatic carbocycles. The summed E-state index contributed by atoms with van der Waals surface area (Å²) in [7, 11) is 4.15. The summed E-state index contributed by atoms with van der Waals surface area (Å²) in [5, 5.41) is 4.84. The van der Waals surface area contributed by atoms with Crippen LogP contribution in [0.2, 0.25) is 0 Å². The average molecular weight is 358 g/mol. The van der Waals surface area contributed by atoms with Crippen LogP contribution in [0.25, 0.3) is 0 Å². The van der Waals surface area contributed by atoms with Crippen LogP contribution in [0.15, 0.2) is 42.5 Å². The number of methoxy groups -OCH3 is 3. The van der Waals surface area contributed by atoms with E-state index in [2.05, 4.69) is 15.4 Å². The maximum Gasteiger partial charge on any atom is 0.339 e. The van der Waals surface area contributed by atoms with Gasteiger partial charge >= 0.3 is 17.8 Å². The Morgan fingerprint density at radius 3 is 2.08 bits per heavy atom. The lowest BCUT2D eigenvalue weighted by Crippen LogP contribution is -2.30. The van der Waals surface area contributed by atoms with E-state index < -0.39 is 17.8 Å². The van der Waals surface area contributed by atoms with Crippen molar-refractivity contribution < 1.29 is 28.6 Å². The lowest BCUT2D eigenvalue weighted by atomic mass is 10.2. The zero-order chi connectivity index (χ0) is 19.1. The molecule has 26 heavy (non-hydrogen) atoms. The van der Waals surface area contributed by atoms with Crippen molar-refractivity contribution in [2.75, 3.05) is 32.0 Å². The predicted molar refractivity (Wildman–Crippen MR) is 94.6 cm³/mol. The number of para-hydroxylation sites is 1. The summed E-state index contributed by atoms with van der Waals surface area (Å²) in [6.45, 7) is 0. The van der Waals surface area contributed by atoms with Gasteiger partial charge in [0.2, 0.25) is 0 Å². The summed E-state index contributed by atoms with van der Waals surface area (Å²) in [4.78, 5) is 36.0. The van der Waals surface area contributed by atoms with E-state index in [0.717, 1.165) is 0 Å². The molecule has 0 radical (unpaired) electrons. The summed E-state index contributed by atoms with van der Waals surface area (Å²) < 4.78 is 14.9. The molecule has 2 aromatic carbocycles. The van der Waals surface area contributed by atoms with Crippen molar-refractivity contribution in [2.45, 2.75) is 0 Å². The van der Waals surface area contributed by atoms with Gasteiger partial charge in [-0.15, -0.1) is 0 Å². The summed E-state index contributed by atoms with van der Waals surface area (Å²) in [5.74, 6) is -1.62. The molecule has 0 fully saturated rings. The van der Waals surface area contributed by atoms with E-state index in [9.17, 15) is 14.4 Å². The van der Waals surface area contributed by atoms with Crippen LogP contribution in [0.3, 0.4) is 0 Å². The van der Waals surface area contributed by atoms with Gasteiger partial charge in [-0.05, 0) is 24.3 Å². The maximum absolute atomic E-state index is 12.2. The Bertz CT molecular complexity index is 834. The summed E-state index contributed by atoms with van der Waals surface area (Å²) >= 11 is 0. The number of esters is 1. The summed E-state index contributed by atoms with van der Waals surface area (Å²) in [6.07, 6.45) is 0. The molecule has 2 rings (SSSR count). The van der Waals surface area contributed by atoms with Gasteiger partial charge in [0.1, 0.15) is 11.5 Å². The number of amides is 2. The number of hydrogen-bond donors (Lipinski definition) is 2. The monoisotopic (exact) mass is 358 g/mol. The molecule has 2 amide bonds. The molecular weight excluding hydrogens is 340 g/mol. The highest BCUT2D eigenvalue weighted by molar-refractivity contribution is 6.44. The van der Waals surface area contributed by atoms with Crippen molar-refractivity contribution in [1.29, 1.82) is 0 Å². The van der Waals surface area contributed by atoms with E-state index in [1.807, 2.05) is 0 Å². The molecule has 2 N–H and O–H groups in total. The van der Waals surface area contributed by atoms with Crippen molar-refractivity contribution in [3.8, 4) is 11.5 Å². The smallest absolute Gasteiger partial charge is 0.339 e. The van der Waals surface area contributed by atoms with Gasteiger partial charge in [0, 0.05) is 6.07 Å². The molecule has 0 aromatic heterocycles. The molecular formula is C18H18N2O6. The van der Waals surface area contributed by atoms with Crippen molar-refractivity contribution in [3.05, 3.63) is 48.0 Å². The standard InChI is InChI=1S/C18H18N2O6/c1-24-11-8-9-14(15(10-11)25-2)20-17(22)16(21)19-13-7-5-4-6-12(13)18(23)26-3/h4-10H,1-3H3,(H,19,21)(H,20,22). The Balaban J connectivity index is 2.14. The van der Waals surface area contributed by atoms with Crippen LogP contribution in [-0.4, -0.2) is 39.1 Å². The lowest BCUT2D eigenvalue weighted by molar-refractivity contribution is -0.133. The Morgan fingerprint density at radius 2 is 1.46 bits per heavy atom. The number of ether oxygens (including phenoxy) is 3. The summed E-state index contributed by atoms with van der Waals surface area (Å²) in [6, 6.07) is 10.9. The van der Waals surface area contributed by atoms with E-state index in [1.165, 1.54) is 33.5 Å². The number of carbonyl (C=O) groups excluding carboxylic acids is 3. The highest BCUT2D eigenvalue weighted by Crippen LogP contribution is 2.29. The zero-order valence-electron chi connectivity index (χ0n) is 14.5. The fraction of sp³-hybridized carbons (Fsp3) is 0.167. The van der Waals surface area contributed by atoms with Crippen LogP contribution in [0, 0.1) is 0 Å². The Hall–Kier alpha value is -3.55. The Morgan fingerprint density at radius 1 is 0.808 bits per heavy atom. The van der Waals surface area contributed by atoms with Crippen LogP contribution in [-0.2, 0) is 14.3 Å². The predicted octanol–water partition coefficient (Wildman–Crippen LogP) is 2.07. The van der Waals surface area contributed by atoms with E-state index in [1.54, 1.807) is 30.3 Å². The van der Waals surface area contributed by atoms with Gasteiger partial charge in [-0.1, -0.05) is 12.1 Å². The van der Waals surface area contributed by atoms with Gasteiger partial charge in [0.25, 0.3) is 0 Å². The van der Waals surface area contributed by atoms with E-state index in [0.29, 0.717) is 17.2 Å². The second kappa shape index (κ2) is 8.52. The Kier molecular flexibility index (Phi) is 6.15. The van der Waals surface area contributed by atoms with Gasteiger partial charge in [0.15, 0.2) is 0 Å². The van der Waals surface area contributed by atoms with Crippen LogP contribution in [0.5, 0.6) is 11.5 Å². The van der Waals surface area contributed by atoms with Gasteiger partial charge in [-0.3, -0.25) is 9.59 Å². The largest absolute Gasteiger partial charge is 0.497 e. The number of carbonyl (C=O) groups is 3. The number of benzene rings is 2. The first-order chi connectivity index (χ1) is 12.5. The topological polar surface area (TPSA) is 103 Å². The molecule has 0 unspecified atom stereocenters. The molecule has 0 aliphatic heterocycles. The fourth-order valence-corrected chi connectivity index (χ4v) is 2.14. The van der Waals surface area contributed by atoms with Crippen LogP contribution < -0.4 is 20.1 Å². The van der Waals surface area contributed by atoms with Crippen molar-refractivity contribution in [1.82, 2.24) is 0 Å². The van der Waals surface area contributed by atoms with Crippen molar-refractivity contribution in [3.63, 3.8) is 0 Å². The molecule has 0 bridgehead atoms. The molecule has 0 saturated carbocycles. The third-order valence-electron chi connectivity index (χ3n) is 3.44. The zero-order valence-corrected chi connectivity index (χ0v) is 14.5. The molecule has 8 nitrogen and oxygen atoms in total. The number of rotatable bonds is 5.